The molecule has 1 fully saturated rings. The monoisotopic (exact) mass is 386 g/mol. The van der Waals surface area contributed by atoms with E-state index in [0.29, 0.717) is 0 Å². The van der Waals surface area contributed by atoms with Gasteiger partial charge in [-0.1, -0.05) is 67.1 Å². The molecule has 1 aliphatic carbocycles. The normalized spacial score (nSPS) is 19.2. The SMILES string of the molecule is COc1ccc2c(c1)C(c1ccccc1)(c1ccccc1)OC1(CCCCC1)O2. The molecule has 1 spiro atoms. The lowest BCUT2D eigenvalue weighted by Crippen LogP contribution is -2.53. The van der Waals surface area contributed by atoms with Crippen molar-refractivity contribution in [3.05, 3.63) is 95.6 Å². The van der Waals surface area contributed by atoms with Crippen LogP contribution in [0.15, 0.2) is 78.9 Å². The minimum Gasteiger partial charge on any atom is -0.497 e. The molecule has 0 bridgehead atoms. The maximum Gasteiger partial charge on any atom is 0.212 e. The van der Waals surface area contributed by atoms with Crippen LogP contribution in [0.3, 0.4) is 0 Å². The van der Waals surface area contributed by atoms with E-state index in [-0.39, 0.29) is 0 Å². The molecule has 1 heterocycles. The number of rotatable bonds is 3. The molecule has 1 saturated carbocycles. The summed E-state index contributed by atoms with van der Waals surface area (Å²) < 4.78 is 19.3. The molecule has 0 atom stereocenters. The maximum absolute atomic E-state index is 7.12. The molecular weight excluding hydrogens is 360 g/mol. The Balaban J connectivity index is 1.82. The average Bonchev–Trinajstić information content (AvgIpc) is 2.80. The summed E-state index contributed by atoms with van der Waals surface area (Å²) in [6, 6.07) is 27.1. The molecule has 148 valence electrons. The van der Waals surface area contributed by atoms with Gasteiger partial charge in [0.05, 0.1) is 7.11 Å². The van der Waals surface area contributed by atoms with Crippen molar-refractivity contribution in [1.29, 1.82) is 0 Å². The zero-order chi connectivity index (χ0) is 19.7. The fourth-order valence-electron chi connectivity index (χ4n) is 4.79. The Bertz CT molecular complexity index is 936. The molecule has 0 amide bonds. The molecule has 29 heavy (non-hydrogen) atoms. The summed E-state index contributed by atoms with van der Waals surface area (Å²) in [5.41, 5.74) is 2.45. The van der Waals surface area contributed by atoms with E-state index in [2.05, 4.69) is 54.6 Å². The first-order valence-corrected chi connectivity index (χ1v) is 10.4. The van der Waals surface area contributed by atoms with E-state index < -0.39 is 11.4 Å². The van der Waals surface area contributed by atoms with Crippen molar-refractivity contribution >= 4 is 0 Å². The second kappa shape index (κ2) is 7.23. The van der Waals surface area contributed by atoms with Gasteiger partial charge in [-0.15, -0.1) is 0 Å². The van der Waals surface area contributed by atoms with E-state index >= 15 is 0 Å². The Morgan fingerprint density at radius 2 is 1.38 bits per heavy atom. The third kappa shape index (κ3) is 3.01. The third-order valence-corrected chi connectivity index (χ3v) is 6.18. The number of methoxy groups -OCH3 is 1. The van der Waals surface area contributed by atoms with Crippen molar-refractivity contribution in [2.24, 2.45) is 0 Å². The van der Waals surface area contributed by atoms with Gasteiger partial charge < -0.3 is 14.2 Å². The van der Waals surface area contributed by atoms with E-state index in [0.717, 1.165) is 53.9 Å². The van der Waals surface area contributed by atoms with Crippen LogP contribution in [0.25, 0.3) is 0 Å². The lowest BCUT2D eigenvalue weighted by molar-refractivity contribution is -0.261. The highest BCUT2D eigenvalue weighted by molar-refractivity contribution is 5.56. The summed E-state index contributed by atoms with van der Waals surface area (Å²) in [5.74, 6) is 1.07. The van der Waals surface area contributed by atoms with E-state index in [1.54, 1.807) is 7.11 Å². The smallest absolute Gasteiger partial charge is 0.212 e. The number of fused-ring (bicyclic) bond motifs is 1. The molecular formula is C26H26O3. The van der Waals surface area contributed by atoms with Crippen molar-refractivity contribution in [1.82, 2.24) is 0 Å². The Kier molecular flexibility index (Phi) is 4.56. The van der Waals surface area contributed by atoms with Crippen LogP contribution in [0, 0.1) is 0 Å². The van der Waals surface area contributed by atoms with Crippen molar-refractivity contribution in [3.63, 3.8) is 0 Å². The van der Waals surface area contributed by atoms with Crippen molar-refractivity contribution < 1.29 is 14.2 Å². The summed E-state index contributed by atoms with van der Waals surface area (Å²) in [7, 11) is 1.70. The van der Waals surface area contributed by atoms with Crippen molar-refractivity contribution in [2.75, 3.05) is 7.11 Å². The summed E-state index contributed by atoms with van der Waals surface area (Å²) in [6.45, 7) is 0. The largest absolute Gasteiger partial charge is 0.497 e. The van der Waals surface area contributed by atoms with Crippen LogP contribution in [0.1, 0.15) is 48.8 Å². The Morgan fingerprint density at radius 1 is 0.759 bits per heavy atom. The van der Waals surface area contributed by atoms with Crippen LogP contribution in [-0.2, 0) is 10.3 Å². The summed E-state index contributed by atoms with van der Waals surface area (Å²) in [5, 5.41) is 0. The number of hydrogen-bond acceptors (Lipinski definition) is 3. The topological polar surface area (TPSA) is 27.7 Å². The molecule has 0 N–H and O–H groups in total. The van der Waals surface area contributed by atoms with Gasteiger partial charge in [-0.25, -0.2) is 0 Å². The van der Waals surface area contributed by atoms with Gasteiger partial charge in [-0.3, -0.25) is 0 Å². The minimum absolute atomic E-state index is 0.606. The van der Waals surface area contributed by atoms with E-state index in [4.69, 9.17) is 14.2 Å². The summed E-state index contributed by atoms with van der Waals surface area (Å²) >= 11 is 0. The predicted molar refractivity (Wildman–Crippen MR) is 113 cm³/mol. The van der Waals surface area contributed by atoms with E-state index in [9.17, 15) is 0 Å². The summed E-state index contributed by atoms with van der Waals surface area (Å²) in [4.78, 5) is 0. The van der Waals surface area contributed by atoms with Gasteiger partial charge in [-0.05, 0) is 42.2 Å². The average molecular weight is 386 g/mol. The molecule has 1 aliphatic heterocycles. The molecule has 0 unspecified atom stereocenters. The molecule has 0 radical (unpaired) electrons. The maximum atomic E-state index is 7.12. The highest BCUT2D eigenvalue weighted by Gasteiger charge is 2.52. The Morgan fingerprint density at radius 3 is 1.97 bits per heavy atom. The van der Waals surface area contributed by atoms with Gasteiger partial charge in [0.15, 0.2) is 5.60 Å². The first-order chi connectivity index (χ1) is 14.3. The third-order valence-electron chi connectivity index (χ3n) is 6.18. The van der Waals surface area contributed by atoms with Gasteiger partial charge in [0.1, 0.15) is 11.5 Å². The molecule has 3 nitrogen and oxygen atoms in total. The van der Waals surface area contributed by atoms with Gasteiger partial charge in [0.25, 0.3) is 0 Å². The first kappa shape index (κ1) is 18.3. The zero-order valence-electron chi connectivity index (χ0n) is 16.8. The van der Waals surface area contributed by atoms with Gasteiger partial charge in [0, 0.05) is 18.4 Å². The first-order valence-electron chi connectivity index (χ1n) is 10.4. The molecule has 2 aliphatic rings. The van der Waals surface area contributed by atoms with Crippen LogP contribution in [0.2, 0.25) is 0 Å². The van der Waals surface area contributed by atoms with E-state index in [1.165, 1.54) is 6.42 Å². The second-order valence-electron chi connectivity index (χ2n) is 7.95. The van der Waals surface area contributed by atoms with Crippen LogP contribution in [0.4, 0.5) is 0 Å². The van der Waals surface area contributed by atoms with Crippen LogP contribution >= 0.6 is 0 Å². The second-order valence-corrected chi connectivity index (χ2v) is 7.95. The minimum atomic E-state index is -0.748. The molecule has 3 heteroatoms. The van der Waals surface area contributed by atoms with Crippen LogP contribution in [0.5, 0.6) is 11.5 Å². The number of hydrogen-bond donors (Lipinski definition) is 0. The van der Waals surface area contributed by atoms with E-state index in [1.807, 2.05) is 24.3 Å². The molecule has 3 aromatic carbocycles. The van der Waals surface area contributed by atoms with Gasteiger partial charge in [0.2, 0.25) is 5.79 Å². The zero-order valence-corrected chi connectivity index (χ0v) is 16.8. The number of ether oxygens (including phenoxy) is 3. The Labute approximate surface area is 172 Å². The lowest BCUT2D eigenvalue weighted by Gasteiger charge is -2.50. The summed E-state index contributed by atoms with van der Waals surface area (Å²) in [6.07, 6.45) is 5.27. The quantitative estimate of drug-likeness (QED) is 0.548. The van der Waals surface area contributed by atoms with Gasteiger partial charge in [-0.2, -0.15) is 0 Å². The van der Waals surface area contributed by atoms with Crippen molar-refractivity contribution in [3.8, 4) is 11.5 Å². The van der Waals surface area contributed by atoms with Crippen LogP contribution in [-0.4, -0.2) is 12.9 Å². The highest BCUT2D eigenvalue weighted by atomic mass is 16.7. The molecule has 3 aromatic rings. The standard InChI is InChI=1S/C26H26O3/c1-27-22-15-16-24-23(19-22)26(20-11-5-2-6-12-20,21-13-7-3-8-14-21)29-25(28-24)17-9-4-10-18-25/h2-3,5-8,11-16,19H,4,9-10,17-18H2,1H3. The van der Waals surface area contributed by atoms with Crippen molar-refractivity contribution in [2.45, 2.75) is 43.5 Å². The fourth-order valence-corrected chi connectivity index (χ4v) is 4.79. The van der Waals surface area contributed by atoms with Gasteiger partial charge >= 0.3 is 0 Å². The molecule has 5 rings (SSSR count). The Hall–Kier alpha value is -2.78. The molecule has 0 aromatic heterocycles. The predicted octanol–water partition coefficient (Wildman–Crippen LogP) is 6.06. The van der Waals surface area contributed by atoms with Crippen LogP contribution < -0.4 is 9.47 Å². The molecule has 0 saturated heterocycles. The number of benzene rings is 3. The fraction of sp³-hybridized carbons (Fsp3) is 0.308. The lowest BCUT2D eigenvalue weighted by atomic mass is 9.77. The highest BCUT2D eigenvalue weighted by Crippen LogP contribution is 2.54.